The Morgan fingerprint density at radius 3 is 2.60 bits per heavy atom. The monoisotopic (exact) mass is 300 g/mol. The van der Waals surface area contributed by atoms with Crippen molar-refractivity contribution in [1.29, 1.82) is 0 Å². The number of benzene rings is 1. The molecule has 9 heteroatoms. The highest BCUT2D eigenvalue weighted by Crippen LogP contribution is 2.13. The molecule has 1 aliphatic rings. The second kappa shape index (κ2) is 5.57. The van der Waals surface area contributed by atoms with Crippen LogP contribution >= 0.6 is 0 Å². The van der Waals surface area contributed by atoms with Crippen LogP contribution in [0.25, 0.3) is 0 Å². The number of hydroxylamine groups is 2. The van der Waals surface area contributed by atoms with Crippen LogP contribution < -0.4 is 5.32 Å². The topological polar surface area (TPSA) is 113 Å². The van der Waals surface area contributed by atoms with Gasteiger partial charge in [-0.1, -0.05) is 30.3 Å². The number of hydrogen-bond acceptors (Lipinski definition) is 5. The largest absolute Gasteiger partial charge is 0.418 e. The molecule has 20 heavy (non-hydrogen) atoms. The zero-order valence-corrected chi connectivity index (χ0v) is 11.0. The van der Waals surface area contributed by atoms with E-state index in [1.54, 1.807) is 24.3 Å². The first-order valence-electron chi connectivity index (χ1n) is 5.67. The average molecular weight is 300 g/mol. The van der Waals surface area contributed by atoms with Crippen LogP contribution in [0.3, 0.4) is 0 Å². The Morgan fingerprint density at radius 1 is 1.40 bits per heavy atom. The lowest BCUT2D eigenvalue weighted by Gasteiger charge is -2.35. The summed E-state index contributed by atoms with van der Waals surface area (Å²) in [5.41, 5.74) is 0.794. The van der Waals surface area contributed by atoms with Crippen molar-refractivity contribution < 1.29 is 26.8 Å². The van der Waals surface area contributed by atoms with Gasteiger partial charge in [0.2, 0.25) is 5.91 Å². The fraction of sp³-hybridized carbons (Fsp3) is 0.273. The van der Waals surface area contributed by atoms with E-state index in [0.717, 1.165) is 5.56 Å². The van der Waals surface area contributed by atoms with Crippen LogP contribution in [0, 0.1) is 0 Å². The van der Waals surface area contributed by atoms with Crippen molar-refractivity contribution in [3.8, 4) is 0 Å². The van der Waals surface area contributed by atoms with Crippen molar-refractivity contribution >= 4 is 22.2 Å². The number of carbonyl (C=O) groups is 2. The van der Waals surface area contributed by atoms with Crippen LogP contribution in [0.4, 0.5) is 0 Å². The van der Waals surface area contributed by atoms with Gasteiger partial charge in [-0.2, -0.15) is 13.5 Å². The van der Waals surface area contributed by atoms with Crippen LogP contribution in [-0.4, -0.2) is 42.4 Å². The van der Waals surface area contributed by atoms with Gasteiger partial charge in [0.25, 0.3) is 5.91 Å². The van der Waals surface area contributed by atoms with E-state index in [1.807, 2.05) is 6.07 Å². The number of hydrogen-bond donors (Lipinski definition) is 2. The average Bonchev–Trinajstić information content (AvgIpc) is 2.37. The standard InChI is InChI=1S/C11H12N2O6S/c14-10(6-8-4-2-1-3-5-8)12-9-7-13(11(9)15)19-20(16,17)18/h1-5,9H,6-7H2,(H,12,14)(H,16,17,18)/t9-/m0/s1. The number of nitrogens with one attached hydrogen (secondary N) is 1. The molecule has 0 aromatic heterocycles. The summed E-state index contributed by atoms with van der Waals surface area (Å²) in [6.07, 6.45) is 0.115. The molecule has 108 valence electrons. The Hall–Kier alpha value is -1.97. The minimum Gasteiger partial charge on any atom is -0.342 e. The molecule has 1 aromatic rings. The molecule has 2 amide bonds. The fourth-order valence-electron chi connectivity index (χ4n) is 1.71. The summed E-state index contributed by atoms with van der Waals surface area (Å²) in [7, 11) is -4.73. The summed E-state index contributed by atoms with van der Waals surface area (Å²) in [6, 6.07) is 8.11. The predicted octanol–water partition coefficient (Wildman–Crippen LogP) is -0.709. The molecular weight excluding hydrogens is 288 g/mol. The lowest BCUT2D eigenvalue weighted by molar-refractivity contribution is -0.182. The highest BCUT2D eigenvalue weighted by atomic mass is 32.3. The van der Waals surface area contributed by atoms with E-state index < -0.39 is 22.3 Å². The molecule has 1 saturated heterocycles. The maximum absolute atomic E-state index is 11.7. The molecule has 2 N–H and O–H groups in total. The van der Waals surface area contributed by atoms with Gasteiger partial charge in [0.15, 0.2) is 0 Å². The molecule has 0 unspecified atom stereocenters. The zero-order chi connectivity index (χ0) is 14.8. The maximum atomic E-state index is 11.7. The molecular formula is C11H12N2O6S. The van der Waals surface area contributed by atoms with Crippen molar-refractivity contribution in [2.45, 2.75) is 12.5 Å². The van der Waals surface area contributed by atoms with Gasteiger partial charge in [-0.05, 0) is 5.56 Å². The molecule has 1 atom stereocenters. The minimum absolute atomic E-state index is 0.115. The van der Waals surface area contributed by atoms with Crippen molar-refractivity contribution in [2.24, 2.45) is 0 Å². The van der Waals surface area contributed by atoms with Crippen molar-refractivity contribution in [3.05, 3.63) is 35.9 Å². The molecule has 0 radical (unpaired) electrons. The van der Waals surface area contributed by atoms with Crippen LogP contribution in [0.15, 0.2) is 30.3 Å². The van der Waals surface area contributed by atoms with E-state index in [0.29, 0.717) is 5.06 Å². The lowest BCUT2D eigenvalue weighted by Crippen LogP contribution is -2.64. The predicted molar refractivity (Wildman–Crippen MR) is 66.4 cm³/mol. The quantitative estimate of drug-likeness (QED) is 0.548. The SMILES string of the molecule is O=C(Cc1ccccc1)N[C@H]1CN(OS(=O)(=O)O)C1=O. The highest BCUT2D eigenvalue weighted by molar-refractivity contribution is 7.80. The number of rotatable bonds is 5. The van der Waals surface area contributed by atoms with Gasteiger partial charge in [0, 0.05) is 0 Å². The van der Waals surface area contributed by atoms with E-state index >= 15 is 0 Å². The minimum atomic E-state index is -4.73. The molecule has 0 aliphatic carbocycles. The lowest BCUT2D eigenvalue weighted by atomic mass is 10.1. The smallest absolute Gasteiger partial charge is 0.342 e. The van der Waals surface area contributed by atoms with Gasteiger partial charge in [0.1, 0.15) is 6.04 Å². The number of β-lactam (4-membered cyclic amide) rings is 1. The molecule has 1 heterocycles. The summed E-state index contributed by atoms with van der Waals surface area (Å²) >= 11 is 0. The van der Waals surface area contributed by atoms with Crippen LogP contribution in [0.5, 0.6) is 0 Å². The third kappa shape index (κ3) is 3.76. The van der Waals surface area contributed by atoms with E-state index in [-0.39, 0.29) is 18.9 Å². The molecule has 1 fully saturated rings. The normalized spacial score (nSPS) is 18.6. The Kier molecular flexibility index (Phi) is 4.02. The third-order valence-corrected chi connectivity index (χ3v) is 2.99. The summed E-state index contributed by atoms with van der Waals surface area (Å²) in [5.74, 6) is -1.09. The molecule has 1 aliphatic heterocycles. The van der Waals surface area contributed by atoms with Crippen molar-refractivity contribution in [3.63, 3.8) is 0 Å². The van der Waals surface area contributed by atoms with Crippen LogP contribution in [-0.2, 0) is 30.7 Å². The summed E-state index contributed by atoms with van der Waals surface area (Å²) in [4.78, 5) is 23.1. The molecule has 0 bridgehead atoms. The number of nitrogens with zero attached hydrogens (tertiary/aromatic N) is 1. The Bertz CT molecular complexity index is 615. The molecule has 0 spiro atoms. The highest BCUT2D eigenvalue weighted by Gasteiger charge is 2.41. The third-order valence-electron chi connectivity index (χ3n) is 2.62. The van der Waals surface area contributed by atoms with E-state index in [2.05, 4.69) is 9.60 Å². The number of carbonyl (C=O) groups excluding carboxylic acids is 2. The molecule has 8 nitrogen and oxygen atoms in total. The van der Waals surface area contributed by atoms with Gasteiger partial charge >= 0.3 is 10.4 Å². The molecule has 1 aromatic carbocycles. The van der Waals surface area contributed by atoms with Crippen LogP contribution in [0.1, 0.15) is 5.56 Å². The van der Waals surface area contributed by atoms with Gasteiger partial charge in [-0.15, -0.1) is 4.28 Å². The van der Waals surface area contributed by atoms with E-state index in [4.69, 9.17) is 4.55 Å². The van der Waals surface area contributed by atoms with E-state index in [9.17, 15) is 18.0 Å². The fourth-order valence-corrected chi connectivity index (χ4v) is 2.07. The van der Waals surface area contributed by atoms with Crippen molar-refractivity contribution in [1.82, 2.24) is 10.4 Å². The van der Waals surface area contributed by atoms with Crippen LogP contribution in [0.2, 0.25) is 0 Å². The van der Waals surface area contributed by atoms with Gasteiger partial charge in [-0.3, -0.25) is 14.1 Å². The first-order valence-corrected chi connectivity index (χ1v) is 7.03. The second-order valence-corrected chi connectivity index (χ2v) is 5.19. The summed E-state index contributed by atoms with van der Waals surface area (Å²) in [6.45, 7) is -0.140. The second-order valence-electron chi connectivity index (χ2n) is 4.18. The van der Waals surface area contributed by atoms with Gasteiger partial charge in [-0.25, -0.2) is 0 Å². The van der Waals surface area contributed by atoms with Crippen molar-refractivity contribution in [2.75, 3.05) is 6.54 Å². The zero-order valence-electron chi connectivity index (χ0n) is 10.2. The number of amides is 2. The summed E-state index contributed by atoms with van der Waals surface area (Å²) in [5, 5.41) is 2.90. The molecule has 2 rings (SSSR count). The van der Waals surface area contributed by atoms with Gasteiger partial charge in [0.05, 0.1) is 13.0 Å². The Morgan fingerprint density at radius 2 is 2.05 bits per heavy atom. The molecule has 0 saturated carbocycles. The van der Waals surface area contributed by atoms with E-state index in [1.165, 1.54) is 0 Å². The first kappa shape index (κ1) is 14.4. The summed E-state index contributed by atoms with van der Waals surface area (Å²) < 4.78 is 33.2. The van der Waals surface area contributed by atoms with Gasteiger partial charge < -0.3 is 5.32 Å². The Balaban J connectivity index is 1.81. The Labute approximate surface area is 115 Å². The first-order chi connectivity index (χ1) is 9.35. The maximum Gasteiger partial charge on any atom is 0.418 e.